The van der Waals surface area contributed by atoms with Gasteiger partial charge in [0, 0.05) is 11.8 Å². The van der Waals surface area contributed by atoms with Gasteiger partial charge in [-0.1, -0.05) is 102 Å². The molecule has 1 atom stereocenters. The molecule has 4 aromatic rings. The van der Waals surface area contributed by atoms with Crippen LogP contribution in [0.1, 0.15) is 33.4 Å². The van der Waals surface area contributed by atoms with Crippen LogP contribution in [0.4, 0.5) is 0 Å². The lowest BCUT2D eigenvalue weighted by Crippen LogP contribution is -2.41. The third-order valence-electron chi connectivity index (χ3n) is 6.00. The van der Waals surface area contributed by atoms with Gasteiger partial charge in [-0.15, -0.1) is 0 Å². The van der Waals surface area contributed by atoms with Crippen LogP contribution >= 0.6 is 0 Å². The lowest BCUT2D eigenvalue weighted by molar-refractivity contribution is 0.0527. The molecule has 0 aliphatic carbocycles. The van der Waals surface area contributed by atoms with Crippen molar-refractivity contribution in [2.24, 2.45) is 4.99 Å². The summed E-state index contributed by atoms with van der Waals surface area (Å²) in [4.78, 5) is 4.90. The fraction of sp³-hybridized carbons (Fsp3) is 0.167. The van der Waals surface area contributed by atoms with Gasteiger partial charge in [0.05, 0.1) is 6.04 Å². The van der Waals surface area contributed by atoms with E-state index in [0.717, 1.165) is 27.8 Å². The summed E-state index contributed by atoms with van der Waals surface area (Å²) in [5.41, 5.74) is 4.06. The lowest BCUT2D eigenvalue weighted by Gasteiger charge is -2.36. The van der Waals surface area contributed by atoms with E-state index in [0.29, 0.717) is 12.0 Å². The average molecular weight is 436 g/mol. The second-order valence-corrected chi connectivity index (χ2v) is 8.55. The number of aliphatic hydroxyl groups is 1. The van der Waals surface area contributed by atoms with Gasteiger partial charge in [0.25, 0.3) is 0 Å². The quantitative estimate of drug-likeness (QED) is 0.351. The molecule has 166 valence electrons. The van der Waals surface area contributed by atoms with Gasteiger partial charge in [0.1, 0.15) is 11.4 Å². The first-order chi connectivity index (χ1) is 16.0. The molecule has 4 aromatic carbocycles. The van der Waals surface area contributed by atoms with Crippen LogP contribution in [0.5, 0.6) is 5.75 Å². The zero-order chi connectivity index (χ0) is 23.3. The summed E-state index contributed by atoms with van der Waals surface area (Å²) in [6, 6.07) is 32.6. The van der Waals surface area contributed by atoms with E-state index in [-0.39, 0.29) is 5.75 Å². The zero-order valence-corrected chi connectivity index (χ0v) is 19.0. The van der Waals surface area contributed by atoms with Crippen LogP contribution in [0, 0.1) is 13.8 Å². The van der Waals surface area contributed by atoms with Gasteiger partial charge >= 0.3 is 0 Å². The molecule has 2 N–H and O–H groups in total. The molecule has 0 saturated carbocycles. The van der Waals surface area contributed by atoms with Gasteiger partial charge in [-0.05, 0) is 49.1 Å². The van der Waals surface area contributed by atoms with E-state index in [1.165, 1.54) is 0 Å². The number of phenols is 1. The second kappa shape index (κ2) is 9.85. The van der Waals surface area contributed by atoms with Crippen molar-refractivity contribution in [2.45, 2.75) is 31.9 Å². The lowest BCUT2D eigenvalue weighted by atomic mass is 9.77. The summed E-state index contributed by atoms with van der Waals surface area (Å²) >= 11 is 0. The van der Waals surface area contributed by atoms with Crippen LogP contribution in [0.15, 0.2) is 108 Å². The molecule has 0 spiro atoms. The van der Waals surface area contributed by atoms with Crippen LogP contribution in [-0.4, -0.2) is 22.5 Å². The van der Waals surface area contributed by atoms with Crippen molar-refractivity contribution in [2.75, 3.05) is 0 Å². The molecule has 0 aliphatic rings. The van der Waals surface area contributed by atoms with E-state index in [2.05, 4.69) is 12.1 Å². The molecule has 1 unspecified atom stereocenters. The van der Waals surface area contributed by atoms with E-state index >= 15 is 0 Å². The van der Waals surface area contributed by atoms with Crippen LogP contribution in [0.25, 0.3) is 0 Å². The molecule has 0 amide bonds. The summed E-state index contributed by atoms with van der Waals surface area (Å²) in [5, 5.41) is 22.8. The first-order valence-corrected chi connectivity index (χ1v) is 11.2. The first-order valence-electron chi connectivity index (χ1n) is 11.2. The minimum Gasteiger partial charge on any atom is -0.507 e. The Labute approximate surface area is 195 Å². The van der Waals surface area contributed by atoms with E-state index in [4.69, 9.17) is 4.99 Å². The summed E-state index contributed by atoms with van der Waals surface area (Å²) in [5.74, 6) is 0.161. The average Bonchev–Trinajstić information content (AvgIpc) is 2.83. The SMILES string of the molecule is Cc1cccc(C(O)(c2cccc(C)c2)C(Cc2ccccc2)N=Cc2ccccc2O)c1. The number of nitrogens with zero attached hydrogens (tertiary/aromatic N) is 1. The zero-order valence-electron chi connectivity index (χ0n) is 19.0. The van der Waals surface area contributed by atoms with Crippen molar-refractivity contribution >= 4 is 6.21 Å². The third kappa shape index (κ3) is 5.05. The molecule has 0 aliphatic heterocycles. The highest BCUT2D eigenvalue weighted by atomic mass is 16.3. The molecule has 33 heavy (non-hydrogen) atoms. The Bertz CT molecular complexity index is 1200. The monoisotopic (exact) mass is 435 g/mol. The molecule has 0 radical (unpaired) electrons. The molecular weight excluding hydrogens is 406 g/mol. The second-order valence-electron chi connectivity index (χ2n) is 8.55. The van der Waals surface area contributed by atoms with Gasteiger partial charge < -0.3 is 10.2 Å². The van der Waals surface area contributed by atoms with Gasteiger partial charge in [0.15, 0.2) is 0 Å². The molecular formula is C30H29NO2. The smallest absolute Gasteiger partial charge is 0.137 e. The first kappa shape index (κ1) is 22.5. The highest BCUT2D eigenvalue weighted by Gasteiger charge is 2.40. The predicted octanol–water partition coefficient (Wildman–Crippen LogP) is 5.98. The maximum absolute atomic E-state index is 12.5. The van der Waals surface area contributed by atoms with Crippen molar-refractivity contribution < 1.29 is 10.2 Å². The maximum atomic E-state index is 12.5. The molecule has 0 fully saturated rings. The Morgan fingerprint density at radius 1 is 0.758 bits per heavy atom. The minimum absolute atomic E-state index is 0.161. The third-order valence-corrected chi connectivity index (χ3v) is 6.00. The number of rotatable bonds is 7. The Morgan fingerprint density at radius 2 is 1.33 bits per heavy atom. The number of hydrogen-bond acceptors (Lipinski definition) is 3. The minimum atomic E-state index is -1.37. The van der Waals surface area contributed by atoms with Crippen molar-refractivity contribution in [3.63, 3.8) is 0 Å². The number of aromatic hydroxyl groups is 1. The highest BCUT2D eigenvalue weighted by Crippen LogP contribution is 2.37. The molecule has 4 rings (SSSR count). The van der Waals surface area contributed by atoms with E-state index < -0.39 is 11.6 Å². The summed E-state index contributed by atoms with van der Waals surface area (Å²) in [6.07, 6.45) is 2.20. The number of para-hydroxylation sites is 1. The number of hydrogen-bond donors (Lipinski definition) is 2. The molecule has 0 bridgehead atoms. The molecule has 3 heteroatoms. The topological polar surface area (TPSA) is 52.8 Å². The Morgan fingerprint density at radius 3 is 1.91 bits per heavy atom. The van der Waals surface area contributed by atoms with Crippen LogP contribution in [-0.2, 0) is 12.0 Å². The van der Waals surface area contributed by atoms with Crippen LogP contribution in [0.2, 0.25) is 0 Å². The fourth-order valence-corrected chi connectivity index (χ4v) is 4.23. The summed E-state index contributed by atoms with van der Waals surface area (Å²) in [7, 11) is 0. The van der Waals surface area contributed by atoms with Gasteiger partial charge in [-0.2, -0.15) is 0 Å². The van der Waals surface area contributed by atoms with Crippen LogP contribution in [0.3, 0.4) is 0 Å². The summed E-state index contributed by atoms with van der Waals surface area (Å²) in [6.45, 7) is 4.05. The standard InChI is InChI=1S/C30H29NO2/c1-22-10-8-15-26(18-22)30(33,27-16-9-11-23(2)19-27)29(20-24-12-4-3-5-13-24)31-21-25-14-6-7-17-28(25)32/h3-19,21,29,32-33H,20H2,1-2H3. The fourth-order valence-electron chi connectivity index (χ4n) is 4.23. The number of phenolic OH excluding ortho intramolecular Hbond substituents is 1. The predicted molar refractivity (Wildman–Crippen MR) is 135 cm³/mol. The van der Waals surface area contributed by atoms with Crippen molar-refractivity contribution in [1.29, 1.82) is 0 Å². The Balaban J connectivity index is 1.89. The Hall–Kier alpha value is -3.69. The number of aliphatic imine (C=N–C) groups is 1. The number of aryl methyl sites for hydroxylation is 2. The molecule has 3 nitrogen and oxygen atoms in total. The highest BCUT2D eigenvalue weighted by molar-refractivity contribution is 5.83. The maximum Gasteiger partial charge on any atom is 0.137 e. The summed E-state index contributed by atoms with van der Waals surface area (Å²) < 4.78 is 0. The van der Waals surface area contributed by atoms with Gasteiger partial charge in [0.2, 0.25) is 0 Å². The van der Waals surface area contributed by atoms with Gasteiger partial charge in [-0.3, -0.25) is 4.99 Å². The van der Waals surface area contributed by atoms with Gasteiger partial charge in [-0.25, -0.2) is 0 Å². The van der Waals surface area contributed by atoms with Crippen LogP contribution < -0.4 is 0 Å². The molecule has 0 saturated heterocycles. The van der Waals surface area contributed by atoms with E-state index in [1.807, 2.05) is 92.7 Å². The van der Waals surface area contributed by atoms with E-state index in [9.17, 15) is 10.2 Å². The normalized spacial score (nSPS) is 12.7. The molecule has 0 aromatic heterocycles. The van der Waals surface area contributed by atoms with Crippen molar-refractivity contribution in [3.8, 4) is 5.75 Å². The van der Waals surface area contributed by atoms with E-state index in [1.54, 1.807) is 18.3 Å². The molecule has 0 heterocycles. The largest absolute Gasteiger partial charge is 0.507 e. The van der Waals surface area contributed by atoms with Crippen molar-refractivity contribution in [1.82, 2.24) is 0 Å². The van der Waals surface area contributed by atoms with Crippen molar-refractivity contribution in [3.05, 3.63) is 137 Å². The Kier molecular flexibility index (Phi) is 6.71. The number of benzene rings is 4.